The summed E-state index contributed by atoms with van der Waals surface area (Å²) in [4.78, 5) is 11.9. The Labute approximate surface area is 140 Å². The van der Waals surface area contributed by atoms with E-state index in [2.05, 4.69) is 5.32 Å². The lowest BCUT2D eigenvalue weighted by Crippen LogP contribution is -2.33. The summed E-state index contributed by atoms with van der Waals surface area (Å²) in [6.07, 6.45) is 1.17. The first-order chi connectivity index (χ1) is 10.1. The van der Waals surface area contributed by atoms with Crippen LogP contribution in [0, 0.1) is 0 Å². The Balaban J connectivity index is 0.00000242. The fourth-order valence-electron chi connectivity index (χ4n) is 1.74. The van der Waals surface area contributed by atoms with E-state index in [9.17, 15) is 4.79 Å². The Morgan fingerprint density at radius 2 is 2.18 bits per heavy atom. The number of furan rings is 1. The van der Waals surface area contributed by atoms with Gasteiger partial charge < -0.3 is 20.2 Å². The van der Waals surface area contributed by atoms with Crippen molar-refractivity contribution < 1.29 is 13.9 Å². The molecule has 1 atom stereocenters. The standard InChI is InChI=1S/C15H17ClN2O3.ClH/c1-10(21-14-5-3-2-4-13(14)16)8-18-15(19)11-6-12(7-17)20-9-11;/h2-6,9-10H,7-8,17H2,1H3,(H,18,19);1H. The molecule has 0 aliphatic rings. The normalized spacial score (nSPS) is 11.4. The van der Waals surface area contributed by atoms with E-state index >= 15 is 0 Å². The third-order valence-corrected chi connectivity index (χ3v) is 3.14. The highest BCUT2D eigenvalue weighted by molar-refractivity contribution is 6.32. The molecule has 5 nitrogen and oxygen atoms in total. The summed E-state index contributed by atoms with van der Waals surface area (Å²) in [5, 5.41) is 3.31. The summed E-state index contributed by atoms with van der Waals surface area (Å²) < 4.78 is 10.8. The number of carbonyl (C=O) groups is 1. The van der Waals surface area contributed by atoms with Crippen LogP contribution in [0.5, 0.6) is 5.75 Å². The van der Waals surface area contributed by atoms with Crippen LogP contribution in [-0.2, 0) is 6.54 Å². The third kappa shape index (κ3) is 4.94. The molecule has 22 heavy (non-hydrogen) atoms. The average Bonchev–Trinajstić information content (AvgIpc) is 2.96. The van der Waals surface area contributed by atoms with E-state index in [1.165, 1.54) is 6.26 Å². The first kappa shape index (κ1) is 18.4. The van der Waals surface area contributed by atoms with Gasteiger partial charge in [-0.15, -0.1) is 12.4 Å². The summed E-state index contributed by atoms with van der Waals surface area (Å²) in [5.41, 5.74) is 5.87. The van der Waals surface area contributed by atoms with E-state index in [1.54, 1.807) is 18.2 Å². The van der Waals surface area contributed by atoms with Crippen LogP contribution < -0.4 is 15.8 Å². The molecule has 1 unspecified atom stereocenters. The number of hydrogen-bond acceptors (Lipinski definition) is 4. The maximum absolute atomic E-state index is 11.9. The minimum atomic E-state index is -0.229. The van der Waals surface area contributed by atoms with Gasteiger partial charge in [0, 0.05) is 0 Å². The lowest BCUT2D eigenvalue weighted by molar-refractivity contribution is 0.0931. The van der Waals surface area contributed by atoms with Crippen molar-refractivity contribution in [2.45, 2.75) is 19.6 Å². The van der Waals surface area contributed by atoms with Crippen LogP contribution in [0.25, 0.3) is 0 Å². The monoisotopic (exact) mass is 344 g/mol. The van der Waals surface area contributed by atoms with Crippen molar-refractivity contribution in [3.8, 4) is 5.75 Å². The van der Waals surface area contributed by atoms with Crippen LogP contribution in [0.2, 0.25) is 5.02 Å². The van der Waals surface area contributed by atoms with Crippen LogP contribution >= 0.6 is 24.0 Å². The Kier molecular flexibility index (Phi) is 7.24. The van der Waals surface area contributed by atoms with Crippen LogP contribution in [-0.4, -0.2) is 18.6 Å². The molecule has 0 radical (unpaired) electrons. The SMILES string of the molecule is CC(CNC(=O)c1coc(CN)c1)Oc1ccccc1Cl.Cl. The van der Waals surface area contributed by atoms with Crippen molar-refractivity contribution in [3.05, 3.63) is 52.9 Å². The zero-order valence-electron chi connectivity index (χ0n) is 12.0. The Bertz CT molecular complexity index is 616. The molecule has 2 rings (SSSR count). The predicted octanol–water partition coefficient (Wildman–Crippen LogP) is 3.01. The fraction of sp³-hybridized carbons (Fsp3) is 0.267. The van der Waals surface area contributed by atoms with Crippen molar-refractivity contribution >= 4 is 29.9 Å². The summed E-state index contributed by atoms with van der Waals surface area (Å²) in [7, 11) is 0. The zero-order valence-corrected chi connectivity index (χ0v) is 13.6. The molecule has 0 saturated heterocycles. The molecule has 0 aliphatic carbocycles. The maximum atomic E-state index is 11.9. The molecule has 0 saturated carbocycles. The minimum absolute atomic E-state index is 0. The van der Waals surface area contributed by atoms with E-state index in [0.29, 0.717) is 28.6 Å². The number of carbonyl (C=O) groups excluding carboxylic acids is 1. The minimum Gasteiger partial charge on any atom is -0.487 e. The van der Waals surface area contributed by atoms with Gasteiger partial charge in [-0.25, -0.2) is 0 Å². The number of benzene rings is 1. The van der Waals surface area contributed by atoms with Gasteiger partial charge in [-0.3, -0.25) is 4.79 Å². The second-order valence-corrected chi connectivity index (χ2v) is 4.98. The fourth-order valence-corrected chi connectivity index (χ4v) is 1.92. The lowest BCUT2D eigenvalue weighted by Gasteiger charge is -2.16. The number of hydrogen-bond donors (Lipinski definition) is 2. The van der Waals surface area contributed by atoms with Gasteiger partial charge in [0.05, 0.1) is 23.7 Å². The molecule has 0 bridgehead atoms. The average molecular weight is 345 g/mol. The summed E-state index contributed by atoms with van der Waals surface area (Å²) in [6.45, 7) is 2.47. The molecular weight excluding hydrogens is 327 g/mol. The Morgan fingerprint density at radius 3 is 2.82 bits per heavy atom. The van der Waals surface area contributed by atoms with Crippen molar-refractivity contribution in [3.63, 3.8) is 0 Å². The predicted molar refractivity (Wildman–Crippen MR) is 87.7 cm³/mol. The molecule has 7 heteroatoms. The van der Waals surface area contributed by atoms with Gasteiger partial charge in [0.15, 0.2) is 0 Å². The van der Waals surface area contributed by atoms with Gasteiger partial charge in [0.2, 0.25) is 0 Å². The molecule has 1 heterocycles. The second kappa shape index (κ2) is 8.68. The van der Waals surface area contributed by atoms with E-state index in [1.807, 2.05) is 19.1 Å². The van der Waals surface area contributed by atoms with Crippen LogP contribution in [0.4, 0.5) is 0 Å². The van der Waals surface area contributed by atoms with Gasteiger partial charge >= 0.3 is 0 Å². The largest absolute Gasteiger partial charge is 0.487 e. The summed E-state index contributed by atoms with van der Waals surface area (Å²) in [5.74, 6) is 0.934. The van der Waals surface area contributed by atoms with E-state index < -0.39 is 0 Å². The molecular formula is C15H18Cl2N2O3. The van der Waals surface area contributed by atoms with Crippen LogP contribution in [0.15, 0.2) is 41.0 Å². The van der Waals surface area contributed by atoms with Gasteiger partial charge in [-0.2, -0.15) is 0 Å². The first-order valence-corrected chi connectivity index (χ1v) is 6.95. The number of amides is 1. The smallest absolute Gasteiger partial charge is 0.254 e. The highest BCUT2D eigenvalue weighted by Gasteiger charge is 2.12. The summed E-state index contributed by atoms with van der Waals surface area (Å²) >= 11 is 6.01. The van der Waals surface area contributed by atoms with Gasteiger partial charge in [0.1, 0.15) is 23.9 Å². The van der Waals surface area contributed by atoms with Crippen molar-refractivity contribution in [1.82, 2.24) is 5.32 Å². The molecule has 1 aromatic carbocycles. The lowest BCUT2D eigenvalue weighted by atomic mass is 10.3. The van der Waals surface area contributed by atoms with Gasteiger partial charge in [-0.1, -0.05) is 23.7 Å². The quantitative estimate of drug-likeness (QED) is 0.844. The molecule has 0 fully saturated rings. The Morgan fingerprint density at radius 1 is 1.45 bits per heavy atom. The molecule has 1 aromatic heterocycles. The van der Waals surface area contributed by atoms with Gasteiger partial charge in [-0.05, 0) is 25.1 Å². The molecule has 3 N–H and O–H groups in total. The van der Waals surface area contributed by atoms with Crippen molar-refractivity contribution in [2.24, 2.45) is 5.73 Å². The number of halogens is 2. The topological polar surface area (TPSA) is 77.5 Å². The number of ether oxygens (including phenoxy) is 1. The van der Waals surface area contributed by atoms with Crippen molar-refractivity contribution in [2.75, 3.05) is 6.54 Å². The first-order valence-electron chi connectivity index (χ1n) is 6.57. The molecule has 2 aromatic rings. The van der Waals surface area contributed by atoms with Crippen LogP contribution in [0.3, 0.4) is 0 Å². The third-order valence-electron chi connectivity index (χ3n) is 2.83. The molecule has 0 spiro atoms. The molecule has 120 valence electrons. The molecule has 0 aliphatic heterocycles. The zero-order chi connectivity index (χ0) is 15.2. The Hall–Kier alpha value is -1.69. The highest BCUT2D eigenvalue weighted by Crippen LogP contribution is 2.24. The highest BCUT2D eigenvalue weighted by atomic mass is 35.5. The number of nitrogens with two attached hydrogens (primary N) is 1. The molecule has 1 amide bonds. The summed E-state index contributed by atoms with van der Waals surface area (Å²) in [6, 6.07) is 8.82. The van der Waals surface area contributed by atoms with E-state index in [4.69, 9.17) is 26.5 Å². The number of nitrogens with one attached hydrogen (secondary N) is 1. The maximum Gasteiger partial charge on any atom is 0.254 e. The van der Waals surface area contributed by atoms with Crippen molar-refractivity contribution in [1.29, 1.82) is 0 Å². The van der Waals surface area contributed by atoms with Crippen LogP contribution in [0.1, 0.15) is 23.0 Å². The number of rotatable bonds is 6. The second-order valence-electron chi connectivity index (χ2n) is 4.57. The van der Waals surface area contributed by atoms with E-state index in [-0.39, 0.29) is 31.0 Å². The van der Waals surface area contributed by atoms with E-state index in [0.717, 1.165) is 0 Å². The van der Waals surface area contributed by atoms with Gasteiger partial charge in [0.25, 0.3) is 5.91 Å². The number of para-hydroxylation sites is 1.